The molecule has 13 rings (SSSR count). The minimum Gasteiger partial charge on any atom is -0.310 e. The van der Waals surface area contributed by atoms with E-state index in [1.807, 2.05) is 22.7 Å². The Morgan fingerprint density at radius 1 is 0.333 bits per heavy atom. The highest BCUT2D eigenvalue weighted by atomic mass is 32.1. The Morgan fingerprint density at radius 2 is 0.900 bits per heavy atom. The third kappa shape index (κ3) is 5.11. The van der Waals surface area contributed by atoms with Crippen LogP contribution in [0, 0.1) is 0 Å². The summed E-state index contributed by atoms with van der Waals surface area (Å²) >= 11 is 3.73. The number of anilines is 3. The van der Waals surface area contributed by atoms with Crippen LogP contribution in [0.25, 0.3) is 101 Å². The first-order valence-corrected chi connectivity index (χ1v) is 22.0. The third-order valence-electron chi connectivity index (χ3n) is 12.4. The average molecular weight is 799 g/mol. The van der Waals surface area contributed by atoms with E-state index in [4.69, 9.17) is 0 Å². The van der Waals surface area contributed by atoms with Crippen molar-refractivity contribution in [1.82, 2.24) is 4.57 Å². The van der Waals surface area contributed by atoms with Crippen LogP contribution in [-0.4, -0.2) is 4.57 Å². The van der Waals surface area contributed by atoms with Crippen LogP contribution in [0.2, 0.25) is 0 Å². The molecule has 13 aromatic rings. The van der Waals surface area contributed by atoms with E-state index < -0.39 is 0 Å². The minimum atomic E-state index is 1.12. The van der Waals surface area contributed by atoms with E-state index in [-0.39, 0.29) is 0 Å². The first kappa shape index (κ1) is 33.7. The molecule has 3 heterocycles. The quantitative estimate of drug-likeness (QED) is 0.168. The molecule has 2 nitrogen and oxygen atoms in total. The zero-order chi connectivity index (χ0) is 39.3. The molecule has 3 aromatic heterocycles. The van der Waals surface area contributed by atoms with E-state index in [2.05, 4.69) is 216 Å². The predicted molar refractivity (Wildman–Crippen MR) is 262 cm³/mol. The number of hydrogen-bond acceptors (Lipinski definition) is 3. The second-order valence-electron chi connectivity index (χ2n) is 15.7. The molecule has 0 aliphatic carbocycles. The summed E-state index contributed by atoms with van der Waals surface area (Å²) in [4.78, 5) is 2.42. The summed E-state index contributed by atoms with van der Waals surface area (Å²) in [6.07, 6.45) is 0. The Labute approximate surface area is 354 Å². The molecule has 60 heavy (non-hydrogen) atoms. The summed E-state index contributed by atoms with van der Waals surface area (Å²) in [5, 5.41) is 12.8. The first-order valence-electron chi connectivity index (χ1n) is 20.4. The molecule has 10 aromatic carbocycles. The van der Waals surface area contributed by atoms with Crippen molar-refractivity contribution in [3.05, 3.63) is 206 Å². The average Bonchev–Trinajstić information content (AvgIpc) is 3.98. The van der Waals surface area contributed by atoms with Crippen molar-refractivity contribution in [2.75, 3.05) is 4.90 Å². The molecule has 0 saturated heterocycles. The number of thiophene rings is 2. The lowest BCUT2D eigenvalue weighted by Gasteiger charge is -2.27. The fraction of sp³-hybridized carbons (Fsp3) is 0. The van der Waals surface area contributed by atoms with Crippen molar-refractivity contribution in [2.24, 2.45) is 0 Å². The number of rotatable bonds is 5. The van der Waals surface area contributed by atoms with Crippen LogP contribution >= 0.6 is 22.7 Å². The lowest BCUT2D eigenvalue weighted by Crippen LogP contribution is -2.10. The standard InChI is InChI=1S/C56H34N2S2/c1-3-13-42-36(10-1)12-9-17-49(42)57(40-26-28-46-44-15-5-7-18-52(44)59-54(46)33-40)39-24-20-35(21-25-39)38-23-30-50-48(32-38)56-43-14-4-2-11-37(43)22-31-51(56)58(50)41-27-29-47-45-16-6-8-19-53(45)60-55(47)34-41/h1-34H. The molecule has 0 aliphatic heterocycles. The first-order chi connectivity index (χ1) is 29.7. The van der Waals surface area contributed by atoms with E-state index in [9.17, 15) is 0 Å². The molecule has 0 unspecified atom stereocenters. The van der Waals surface area contributed by atoms with Gasteiger partial charge in [-0.25, -0.2) is 0 Å². The van der Waals surface area contributed by atoms with Crippen molar-refractivity contribution in [3.8, 4) is 16.8 Å². The van der Waals surface area contributed by atoms with E-state index >= 15 is 0 Å². The van der Waals surface area contributed by atoms with Gasteiger partial charge in [-0.05, 0) is 100 Å². The molecule has 0 saturated carbocycles. The van der Waals surface area contributed by atoms with Gasteiger partial charge >= 0.3 is 0 Å². The van der Waals surface area contributed by atoms with Gasteiger partial charge in [0.1, 0.15) is 0 Å². The van der Waals surface area contributed by atoms with Crippen LogP contribution in [0.5, 0.6) is 0 Å². The van der Waals surface area contributed by atoms with E-state index in [0.29, 0.717) is 0 Å². The number of benzene rings is 10. The summed E-state index contributed by atoms with van der Waals surface area (Å²) in [5.41, 5.74) is 9.43. The van der Waals surface area contributed by atoms with Gasteiger partial charge in [0.15, 0.2) is 0 Å². The highest BCUT2D eigenvalue weighted by Gasteiger charge is 2.19. The van der Waals surface area contributed by atoms with Crippen molar-refractivity contribution in [2.45, 2.75) is 0 Å². The van der Waals surface area contributed by atoms with Crippen LogP contribution < -0.4 is 4.90 Å². The predicted octanol–water partition coefficient (Wildman–Crippen LogP) is 17.0. The SMILES string of the molecule is c1ccc2c(N(c3ccc(-c4ccc5c(c4)c4c6ccccc6ccc4n5-c4ccc5c(c4)sc4ccccc45)cc3)c3ccc4c(c3)sc3ccccc34)cccc2c1. The van der Waals surface area contributed by atoms with Gasteiger partial charge in [-0.15, -0.1) is 22.7 Å². The molecule has 0 atom stereocenters. The van der Waals surface area contributed by atoms with E-state index in [1.165, 1.54) is 101 Å². The molecule has 0 fully saturated rings. The largest absolute Gasteiger partial charge is 0.310 e. The number of fused-ring (bicyclic) bond motifs is 12. The number of hydrogen-bond donors (Lipinski definition) is 0. The van der Waals surface area contributed by atoms with Crippen LogP contribution in [0.3, 0.4) is 0 Å². The van der Waals surface area contributed by atoms with Crippen molar-refractivity contribution >= 4 is 123 Å². The van der Waals surface area contributed by atoms with Crippen molar-refractivity contribution in [1.29, 1.82) is 0 Å². The van der Waals surface area contributed by atoms with E-state index in [1.54, 1.807) is 0 Å². The molecule has 280 valence electrons. The Bertz CT molecular complexity index is 3840. The van der Waals surface area contributed by atoms with Crippen LogP contribution in [-0.2, 0) is 0 Å². The fourth-order valence-corrected chi connectivity index (χ4v) is 11.9. The Kier molecular flexibility index (Phi) is 7.38. The molecule has 0 amide bonds. The molecule has 0 aliphatic rings. The maximum absolute atomic E-state index is 2.46. The highest BCUT2D eigenvalue weighted by Crippen LogP contribution is 2.45. The van der Waals surface area contributed by atoms with Gasteiger partial charge in [0.05, 0.1) is 16.7 Å². The summed E-state index contributed by atoms with van der Waals surface area (Å²) < 4.78 is 7.70. The van der Waals surface area contributed by atoms with Gasteiger partial charge in [0.25, 0.3) is 0 Å². The lowest BCUT2D eigenvalue weighted by molar-refractivity contribution is 1.19. The molecular formula is C56H34N2S2. The number of aromatic nitrogens is 1. The molecule has 0 N–H and O–H groups in total. The van der Waals surface area contributed by atoms with Gasteiger partial charge < -0.3 is 9.47 Å². The van der Waals surface area contributed by atoms with Crippen LogP contribution in [0.1, 0.15) is 0 Å². The second kappa shape index (κ2) is 13.1. The summed E-state index contributed by atoms with van der Waals surface area (Å²) in [5.74, 6) is 0. The Hall–Kier alpha value is -7.24. The topological polar surface area (TPSA) is 8.17 Å². The maximum atomic E-state index is 2.46. The van der Waals surface area contributed by atoms with Gasteiger partial charge in [-0.3, -0.25) is 0 Å². The fourth-order valence-electron chi connectivity index (χ4n) is 9.59. The number of nitrogens with zero attached hydrogens (tertiary/aromatic N) is 2. The van der Waals surface area contributed by atoms with Gasteiger partial charge in [-0.1, -0.05) is 133 Å². The van der Waals surface area contributed by atoms with Crippen molar-refractivity contribution < 1.29 is 0 Å². The van der Waals surface area contributed by atoms with Crippen LogP contribution in [0.15, 0.2) is 206 Å². The molecular weight excluding hydrogens is 765 g/mol. The highest BCUT2D eigenvalue weighted by molar-refractivity contribution is 7.26. The Balaban J connectivity index is 0.967. The lowest BCUT2D eigenvalue weighted by atomic mass is 9.99. The molecule has 0 bridgehead atoms. The zero-order valence-electron chi connectivity index (χ0n) is 32.3. The van der Waals surface area contributed by atoms with Gasteiger partial charge in [-0.2, -0.15) is 0 Å². The monoisotopic (exact) mass is 798 g/mol. The molecule has 0 radical (unpaired) electrons. The summed E-state index contributed by atoms with van der Waals surface area (Å²) in [7, 11) is 0. The normalized spacial score (nSPS) is 12.0. The zero-order valence-corrected chi connectivity index (χ0v) is 34.0. The maximum Gasteiger partial charge on any atom is 0.0547 e. The molecule has 0 spiro atoms. The van der Waals surface area contributed by atoms with Crippen LogP contribution in [0.4, 0.5) is 17.1 Å². The summed E-state index contributed by atoms with van der Waals surface area (Å²) in [6, 6.07) is 76.3. The minimum absolute atomic E-state index is 1.12. The Morgan fingerprint density at radius 3 is 1.67 bits per heavy atom. The smallest absolute Gasteiger partial charge is 0.0547 e. The van der Waals surface area contributed by atoms with Crippen molar-refractivity contribution in [3.63, 3.8) is 0 Å². The summed E-state index contributed by atoms with van der Waals surface area (Å²) in [6.45, 7) is 0. The third-order valence-corrected chi connectivity index (χ3v) is 14.6. The van der Waals surface area contributed by atoms with E-state index in [0.717, 1.165) is 17.1 Å². The second-order valence-corrected chi connectivity index (χ2v) is 17.9. The van der Waals surface area contributed by atoms with Gasteiger partial charge in [0.2, 0.25) is 0 Å². The van der Waals surface area contributed by atoms with Gasteiger partial charge in [0, 0.05) is 73.6 Å². The molecule has 4 heteroatoms.